The fraction of sp³-hybridized carbons (Fsp3) is 0.286. The normalized spacial score (nSPS) is 18.1. The lowest BCUT2D eigenvalue weighted by Crippen LogP contribution is -2.41. The van der Waals surface area contributed by atoms with E-state index in [0.717, 1.165) is 22.6 Å². The number of anilines is 1. The highest BCUT2D eigenvalue weighted by Crippen LogP contribution is 2.37. The van der Waals surface area contributed by atoms with Gasteiger partial charge in [0.25, 0.3) is 0 Å². The summed E-state index contributed by atoms with van der Waals surface area (Å²) in [7, 11) is 0. The predicted molar refractivity (Wildman–Crippen MR) is 112 cm³/mol. The lowest BCUT2D eigenvalue weighted by molar-refractivity contribution is -0.116. The number of hydrogen-bond acceptors (Lipinski definition) is 5. The van der Waals surface area contributed by atoms with E-state index in [9.17, 15) is 9.18 Å². The van der Waals surface area contributed by atoms with Crippen LogP contribution in [-0.2, 0) is 11.2 Å². The Morgan fingerprint density at radius 3 is 2.62 bits per heavy atom. The first kappa shape index (κ1) is 19.4. The SMILES string of the molecule is CCc1nnc2n1NC(c1ccc(F)cc1)C(C(=O)Nc1ccc(C)c(C)c1)S2. The van der Waals surface area contributed by atoms with Gasteiger partial charge in [0.1, 0.15) is 11.1 Å². The molecule has 2 N–H and O–H groups in total. The Morgan fingerprint density at radius 1 is 1.17 bits per heavy atom. The van der Waals surface area contributed by atoms with Gasteiger partial charge in [-0.2, -0.15) is 0 Å². The molecule has 0 spiro atoms. The van der Waals surface area contributed by atoms with Gasteiger partial charge in [-0.05, 0) is 54.8 Å². The summed E-state index contributed by atoms with van der Waals surface area (Å²) in [5, 5.41) is 11.6. The molecule has 1 aromatic heterocycles. The Labute approximate surface area is 172 Å². The highest BCUT2D eigenvalue weighted by Gasteiger charge is 2.37. The van der Waals surface area contributed by atoms with Crippen LogP contribution in [-0.4, -0.2) is 26.0 Å². The van der Waals surface area contributed by atoms with E-state index in [0.29, 0.717) is 11.6 Å². The van der Waals surface area contributed by atoms with Crippen molar-refractivity contribution in [3.8, 4) is 0 Å². The van der Waals surface area contributed by atoms with E-state index in [-0.39, 0.29) is 17.8 Å². The van der Waals surface area contributed by atoms with Crippen molar-refractivity contribution in [2.24, 2.45) is 0 Å². The maximum absolute atomic E-state index is 13.4. The molecule has 4 rings (SSSR count). The molecule has 0 saturated heterocycles. The maximum atomic E-state index is 13.4. The van der Waals surface area contributed by atoms with Crippen LogP contribution >= 0.6 is 11.8 Å². The summed E-state index contributed by atoms with van der Waals surface area (Å²) in [5.41, 5.74) is 7.20. The minimum absolute atomic E-state index is 0.146. The molecule has 29 heavy (non-hydrogen) atoms. The van der Waals surface area contributed by atoms with E-state index in [1.54, 1.807) is 12.1 Å². The molecule has 1 amide bonds. The third kappa shape index (κ3) is 3.85. The molecule has 1 aliphatic rings. The summed E-state index contributed by atoms with van der Waals surface area (Å²) in [5.74, 6) is 0.326. The average molecular weight is 412 g/mol. The summed E-state index contributed by atoms with van der Waals surface area (Å²) >= 11 is 1.36. The van der Waals surface area contributed by atoms with Gasteiger partial charge in [0.15, 0.2) is 5.82 Å². The number of nitrogens with zero attached hydrogens (tertiary/aromatic N) is 3. The zero-order valence-electron chi connectivity index (χ0n) is 16.4. The highest BCUT2D eigenvalue weighted by molar-refractivity contribution is 8.00. The second-order valence-electron chi connectivity index (χ2n) is 7.07. The van der Waals surface area contributed by atoms with Crippen LogP contribution in [0.15, 0.2) is 47.6 Å². The smallest absolute Gasteiger partial charge is 0.240 e. The Morgan fingerprint density at radius 2 is 1.93 bits per heavy atom. The number of rotatable bonds is 4. The number of benzene rings is 2. The Kier molecular flexibility index (Phi) is 5.27. The summed E-state index contributed by atoms with van der Waals surface area (Å²) in [6.07, 6.45) is 0.705. The molecule has 2 atom stereocenters. The second kappa shape index (κ2) is 7.87. The fourth-order valence-corrected chi connectivity index (χ4v) is 4.38. The van der Waals surface area contributed by atoms with Crippen LogP contribution in [0.3, 0.4) is 0 Å². The Hall–Kier alpha value is -2.87. The minimum Gasteiger partial charge on any atom is -0.325 e. The lowest BCUT2D eigenvalue weighted by atomic mass is 10.0. The van der Waals surface area contributed by atoms with Crippen LogP contribution < -0.4 is 10.7 Å². The van der Waals surface area contributed by atoms with Gasteiger partial charge in [-0.3, -0.25) is 4.79 Å². The van der Waals surface area contributed by atoms with Gasteiger partial charge >= 0.3 is 0 Å². The minimum atomic E-state index is -0.497. The van der Waals surface area contributed by atoms with Crippen molar-refractivity contribution in [1.29, 1.82) is 0 Å². The molecule has 3 aromatic rings. The van der Waals surface area contributed by atoms with Gasteiger partial charge in [-0.15, -0.1) is 10.2 Å². The van der Waals surface area contributed by atoms with Gasteiger partial charge in [-0.25, -0.2) is 9.07 Å². The van der Waals surface area contributed by atoms with Crippen LogP contribution in [0.25, 0.3) is 0 Å². The third-order valence-corrected chi connectivity index (χ3v) is 6.30. The van der Waals surface area contributed by atoms with E-state index < -0.39 is 5.25 Å². The molecular formula is C21H22FN5OS. The van der Waals surface area contributed by atoms with Gasteiger partial charge in [-0.1, -0.05) is 36.9 Å². The number of amides is 1. The van der Waals surface area contributed by atoms with Crippen molar-refractivity contribution in [3.05, 3.63) is 70.8 Å². The second-order valence-corrected chi connectivity index (χ2v) is 8.18. The standard InChI is InChI=1S/C21H22FN5OS/c1-4-17-24-25-21-27(17)26-18(14-6-8-15(22)9-7-14)19(29-21)20(28)23-16-10-5-12(2)13(3)11-16/h5-11,18-19,26H,4H2,1-3H3,(H,23,28). The summed E-state index contributed by atoms with van der Waals surface area (Å²) in [4.78, 5) is 13.2. The zero-order valence-corrected chi connectivity index (χ0v) is 17.3. The predicted octanol–water partition coefficient (Wildman–Crippen LogP) is 3.99. The van der Waals surface area contributed by atoms with Crippen molar-refractivity contribution in [2.75, 3.05) is 10.7 Å². The number of thioether (sulfide) groups is 1. The van der Waals surface area contributed by atoms with E-state index >= 15 is 0 Å². The van der Waals surface area contributed by atoms with Gasteiger partial charge in [0.05, 0.1) is 6.04 Å². The number of hydrogen-bond donors (Lipinski definition) is 2. The highest BCUT2D eigenvalue weighted by atomic mass is 32.2. The Balaban J connectivity index is 1.66. The molecule has 2 aromatic carbocycles. The van der Waals surface area contributed by atoms with Crippen LogP contribution in [0.4, 0.5) is 10.1 Å². The summed E-state index contributed by atoms with van der Waals surface area (Å²) < 4.78 is 15.3. The van der Waals surface area contributed by atoms with E-state index in [2.05, 4.69) is 20.9 Å². The average Bonchev–Trinajstić information content (AvgIpc) is 3.12. The first-order chi connectivity index (χ1) is 14.0. The number of fused-ring (bicyclic) bond motifs is 1. The van der Waals surface area contributed by atoms with Gasteiger partial charge in [0, 0.05) is 12.1 Å². The lowest BCUT2D eigenvalue weighted by Gasteiger charge is -2.33. The van der Waals surface area contributed by atoms with Crippen molar-refractivity contribution < 1.29 is 9.18 Å². The number of aryl methyl sites for hydroxylation is 3. The number of nitrogens with one attached hydrogen (secondary N) is 2. The van der Waals surface area contributed by atoms with Gasteiger partial charge < -0.3 is 10.7 Å². The molecular weight excluding hydrogens is 389 g/mol. The monoisotopic (exact) mass is 411 g/mol. The van der Waals surface area contributed by atoms with Crippen molar-refractivity contribution in [1.82, 2.24) is 14.9 Å². The van der Waals surface area contributed by atoms with Crippen molar-refractivity contribution >= 4 is 23.4 Å². The van der Waals surface area contributed by atoms with Crippen LogP contribution in [0.2, 0.25) is 0 Å². The molecule has 0 fully saturated rings. The molecule has 1 aliphatic heterocycles. The molecule has 8 heteroatoms. The molecule has 0 bridgehead atoms. The maximum Gasteiger partial charge on any atom is 0.240 e. The molecule has 2 unspecified atom stereocenters. The molecule has 0 saturated carbocycles. The third-order valence-electron chi connectivity index (χ3n) is 5.08. The number of carbonyl (C=O) groups excluding carboxylic acids is 1. The quantitative estimate of drug-likeness (QED) is 0.679. The Bertz CT molecular complexity index is 1050. The van der Waals surface area contributed by atoms with E-state index in [4.69, 9.17) is 0 Å². The van der Waals surface area contributed by atoms with Crippen LogP contribution in [0.1, 0.15) is 35.5 Å². The number of carbonyl (C=O) groups is 1. The first-order valence-electron chi connectivity index (χ1n) is 9.47. The fourth-order valence-electron chi connectivity index (χ4n) is 3.28. The molecule has 6 nitrogen and oxygen atoms in total. The molecule has 0 radical (unpaired) electrons. The zero-order chi connectivity index (χ0) is 20.5. The van der Waals surface area contributed by atoms with Gasteiger partial charge in [0.2, 0.25) is 11.1 Å². The summed E-state index contributed by atoms with van der Waals surface area (Å²) in [6, 6.07) is 11.7. The largest absolute Gasteiger partial charge is 0.325 e. The number of halogens is 1. The number of aromatic nitrogens is 3. The van der Waals surface area contributed by atoms with Crippen LogP contribution in [0.5, 0.6) is 0 Å². The van der Waals surface area contributed by atoms with Crippen LogP contribution in [0, 0.1) is 19.7 Å². The molecule has 150 valence electrons. The molecule has 0 aliphatic carbocycles. The van der Waals surface area contributed by atoms with E-state index in [1.807, 2.05) is 43.6 Å². The van der Waals surface area contributed by atoms with E-state index in [1.165, 1.54) is 29.5 Å². The molecule has 2 heterocycles. The van der Waals surface area contributed by atoms with Crippen molar-refractivity contribution in [2.45, 2.75) is 43.6 Å². The first-order valence-corrected chi connectivity index (χ1v) is 10.4. The summed E-state index contributed by atoms with van der Waals surface area (Å²) in [6.45, 7) is 6.04. The van der Waals surface area contributed by atoms with Crippen molar-refractivity contribution in [3.63, 3.8) is 0 Å². The topological polar surface area (TPSA) is 71.8 Å².